The molecule has 15 atom stereocenters. The molecular weight excluding hydrogens is 526 g/mol. The Bertz CT molecular complexity index is 982. The fraction of sp³-hybridized carbons (Fsp3) is 0.944. The van der Waals surface area contributed by atoms with Crippen LogP contribution in [0.1, 0.15) is 113 Å². The van der Waals surface area contributed by atoms with Gasteiger partial charge in [-0.3, -0.25) is 0 Å². The van der Waals surface area contributed by atoms with Gasteiger partial charge in [-0.25, -0.2) is 0 Å². The standard InChI is InChI=1S/C36H61NO5/c1-20(2)21(3)9-10-22(4)26-13-14-28-25-11-12-27-23(5)30(16-18-36(27,8)29(25)15-17-35(26,28)7)41-34-33(39)24(6)32(37-40)31(19-38)42-34/h11,20-24,26-34,38-39H,9-10,12-19H2,1-8H3. The molecule has 0 spiro atoms. The average molecular weight is 588 g/mol. The normalized spacial score (nSPS) is 48.5. The minimum atomic E-state index is -0.934. The van der Waals surface area contributed by atoms with E-state index >= 15 is 0 Å². The number of aliphatic hydroxyl groups is 2. The molecule has 6 heteroatoms. The molecule has 0 amide bonds. The van der Waals surface area contributed by atoms with E-state index < -0.39 is 30.5 Å². The first kappa shape index (κ1) is 32.6. The van der Waals surface area contributed by atoms with Crippen molar-refractivity contribution in [2.24, 2.45) is 69.3 Å². The van der Waals surface area contributed by atoms with E-state index in [-0.39, 0.29) is 18.1 Å². The third-order valence-electron chi connectivity index (χ3n) is 14.2. The first-order chi connectivity index (χ1) is 19.9. The van der Waals surface area contributed by atoms with Gasteiger partial charge in [0.2, 0.25) is 0 Å². The van der Waals surface area contributed by atoms with Crippen LogP contribution < -0.4 is 0 Å². The van der Waals surface area contributed by atoms with Crippen molar-refractivity contribution in [1.29, 1.82) is 0 Å². The van der Waals surface area contributed by atoms with E-state index in [1.165, 1.54) is 38.5 Å². The van der Waals surface area contributed by atoms with Gasteiger partial charge < -0.3 is 19.7 Å². The van der Waals surface area contributed by atoms with Gasteiger partial charge >= 0.3 is 0 Å². The number of hydrogen-bond acceptors (Lipinski definition) is 6. The van der Waals surface area contributed by atoms with Crippen molar-refractivity contribution in [2.75, 3.05) is 6.61 Å². The zero-order chi connectivity index (χ0) is 30.6. The number of hydrogen-bond donors (Lipinski definition) is 2. The van der Waals surface area contributed by atoms with Crippen LogP contribution in [0.5, 0.6) is 0 Å². The molecule has 1 aliphatic heterocycles. The summed E-state index contributed by atoms with van der Waals surface area (Å²) < 4.78 is 12.4. The van der Waals surface area contributed by atoms with Gasteiger partial charge in [0.05, 0.1) is 12.7 Å². The predicted octanol–water partition coefficient (Wildman–Crippen LogP) is 7.75. The minimum absolute atomic E-state index is 0.0104. The van der Waals surface area contributed by atoms with Gasteiger partial charge in [0.25, 0.3) is 0 Å². The van der Waals surface area contributed by atoms with Crippen LogP contribution in [0.25, 0.3) is 0 Å². The molecule has 0 radical (unpaired) electrons. The van der Waals surface area contributed by atoms with E-state index in [9.17, 15) is 15.1 Å². The molecule has 1 heterocycles. The van der Waals surface area contributed by atoms with E-state index in [2.05, 4.69) is 59.7 Å². The van der Waals surface area contributed by atoms with Crippen LogP contribution in [0.3, 0.4) is 0 Å². The number of allylic oxidation sites excluding steroid dienone is 2. The molecule has 5 rings (SSSR count). The molecule has 0 aromatic carbocycles. The molecule has 0 aromatic rings. The Morgan fingerprint density at radius 1 is 1.00 bits per heavy atom. The fourth-order valence-electron chi connectivity index (χ4n) is 10.9. The van der Waals surface area contributed by atoms with Gasteiger partial charge in [0.15, 0.2) is 6.29 Å². The number of rotatable bonds is 9. The van der Waals surface area contributed by atoms with Gasteiger partial charge in [0, 0.05) is 5.92 Å². The van der Waals surface area contributed by atoms with Crippen LogP contribution in [-0.4, -0.2) is 47.5 Å². The summed E-state index contributed by atoms with van der Waals surface area (Å²) in [5.74, 6) is 5.11. The summed E-state index contributed by atoms with van der Waals surface area (Å²) in [6.07, 6.45) is 11.5. The quantitative estimate of drug-likeness (QED) is 0.213. The maximum atomic E-state index is 11.4. The highest BCUT2D eigenvalue weighted by Crippen LogP contribution is 2.67. The molecule has 4 fully saturated rings. The summed E-state index contributed by atoms with van der Waals surface area (Å²) in [5.41, 5.74) is 2.53. The molecule has 15 unspecified atom stereocenters. The molecule has 6 nitrogen and oxygen atoms in total. The maximum Gasteiger partial charge on any atom is 0.184 e. The molecule has 3 saturated carbocycles. The van der Waals surface area contributed by atoms with E-state index in [4.69, 9.17) is 9.47 Å². The lowest BCUT2D eigenvalue weighted by Gasteiger charge is -2.60. The molecular formula is C36H61NO5. The topological polar surface area (TPSA) is 88.4 Å². The number of fused-ring (bicyclic) bond motifs is 5. The van der Waals surface area contributed by atoms with Crippen LogP contribution in [0.15, 0.2) is 16.8 Å². The summed E-state index contributed by atoms with van der Waals surface area (Å²) in [4.78, 5) is 11.4. The lowest BCUT2D eigenvalue weighted by atomic mass is 9.46. The van der Waals surface area contributed by atoms with Gasteiger partial charge in [-0.05, 0) is 103 Å². The first-order valence-corrected chi connectivity index (χ1v) is 17.5. The van der Waals surface area contributed by atoms with Gasteiger partial charge in [-0.2, -0.15) is 4.91 Å². The second kappa shape index (κ2) is 12.5. The maximum absolute atomic E-state index is 11.4. The van der Waals surface area contributed by atoms with Crippen LogP contribution in [0.2, 0.25) is 0 Å². The van der Waals surface area contributed by atoms with Crippen molar-refractivity contribution in [3.05, 3.63) is 16.6 Å². The molecule has 0 aromatic heterocycles. The molecule has 1 saturated heterocycles. The van der Waals surface area contributed by atoms with Crippen LogP contribution >= 0.6 is 0 Å². The molecule has 42 heavy (non-hydrogen) atoms. The summed E-state index contributed by atoms with van der Waals surface area (Å²) in [7, 11) is 0. The molecule has 2 N–H and O–H groups in total. The summed E-state index contributed by atoms with van der Waals surface area (Å²) in [6.45, 7) is 18.8. The number of ether oxygens (including phenoxy) is 2. The average Bonchev–Trinajstić information content (AvgIpc) is 3.32. The third-order valence-corrected chi connectivity index (χ3v) is 14.2. The van der Waals surface area contributed by atoms with E-state index in [1.54, 1.807) is 12.5 Å². The van der Waals surface area contributed by atoms with Crippen molar-refractivity contribution in [3.63, 3.8) is 0 Å². The van der Waals surface area contributed by atoms with Crippen molar-refractivity contribution in [2.45, 2.75) is 144 Å². The SMILES string of the molecule is CC(C)C(C)CCC(C)C1CCC2C3=CCC4C(C)C(OC5OC(CO)C(N=O)C(C)C5O)CCC4(C)C3CCC21C. The van der Waals surface area contributed by atoms with Crippen LogP contribution in [0, 0.1) is 69.0 Å². The predicted molar refractivity (Wildman–Crippen MR) is 168 cm³/mol. The Morgan fingerprint density at radius 3 is 2.36 bits per heavy atom. The Morgan fingerprint density at radius 2 is 1.69 bits per heavy atom. The van der Waals surface area contributed by atoms with Crippen molar-refractivity contribution in [1.82, 2.24) is 0 Å². The van der Waals surface area contributed by atoms with Crippen molar-refractivity contribution < 1.29 is 19.7 Å². The Balaban J connectivity index is 1.27. The summed E-state index contributed by atoms with van der Waals surface area (Å²) in [5, 5.41) is 23.9. The third kappa shape index (κ3) is 5.47. The van der Waals surface area contributed by atoms with E-state index in [0.29, 0.717) is 23.2 Å². The number of nitrogens with zero attached hydrogens (tertiary/aromatic N) is 1. The van der Waals surface area contributed by atoms with Gasteiger partial charge in [-0.15, -0.1) is 0 Å². The Kier molecular flexibility index (Phi) is 9.71. The first-order valence-electron chi connectivity index (χ1n) is 17.5. The highest BCUT2D eigenvalue weighted by Gasteiger charge is 2.59. The van der Waals surface area contributed by atoms with Gasteiger partial charge in [0.1, 0.15) is 18.2 Å². The Hall–Kier alpha value is -0.820. The fourth-order valence-corrected chi connectivity index (χ4v) is 10.9. The number of nitroso groups, excluding NO2 is 1. The lowest BCUT2D eigenvalue weighted by Crippen LogP contribution is -2.57. The molecule has 5 aliphatic rings. The Labute approximate surface area is 255 Å². The van der Waals surface area contributed by atoms with Crippen LogP contribution in [0.4, 0.5) is 0 Å². The smallest absolute Gasteiger partial charge is 0.184 e. The highest BCUT2D eigenvalue weighted by atomic mass is 16.7. The largest absolute Gasteiger partial charge is 0.394 e. The zero-order valence-corrected chi connectivity index (χ0v) is 27.8. The van der Waals surface area contributed by atoms with E-state index in [0.717, 1.165) is 48.9 Å². The monoisotopic (exact) mass is 587 g/mol. The summed E-state index contributed by atoms with van der Waals surface area (Å²) in [6, 6.07) is -0.766. The molecule has 240 valence electrons. The van der Waals surface area contributed by atoms with Crippen molar-refractivity contribution in [3.8, 4) is 0 Å². The second-order valence-corrected chi connectivity index (χ2v) is 16.4. The van der Waals surface area contributed by atoms with Gasteiger partial charge in [-0.1, -0.05) is 85.1 Å². The minimum Gasteiger partial charge on any atom is -0.394 e. The van der Waals surface area contributed by atoms with Crippen molar-refractivity contribution >= 4 is 0 Å². The summed E-state index contributed by atoms with van der Waals surface area (Å²) >= 11 is 0. The highest BCUT2D eigenvalue weighted by molar-refractivity contribution is 5.28. The van der Waals surface area contributed by atoms with E-state index in [1.807, 2.05) is 0 Å². The molecule has 4 aliphatic carbocycles. The van der Waals surface area contributed by atoms with Crippen LogP contribution in [-0.2, 0) is 9.47 Å². The zero-order valence-electron chi connectivity index (χ0n) is 27.8. The second-order valence-electron chi connectivity index (χ2n) is 16.4. The number of aliphatic hydroxyl groups excluding tert-OH is 2. The lowest BCUT2D eigenvalue weighted by molar-refractivity contribution is -0.291. The molecule has 0 bridgehead atoms.